The summed E-state index contributed by atoms with van der Waals surface area (Å²) in [5, 5.41) is 14.4. The highest BCUT2D eigenvalue weighted by Gasteiger charge is 2.11. The number of tetrazole rings is 1. The van der Waals surface area contributed by atoms with Crippen LogP contribution in [0, 0.1) is 5.92 Å². The van der Waals surface area contributed by atoms with Crippen LogP contribution < -0.4 is 10.1 Å². The molecule has 0 bridgehead atoms. The molecule has 0 saturated carbocycles. The number of aromatic nitrogens is 4. The molecule has 0 saturated heterocycles. The van der Waals surface area contributed by atoms with Crippen LogP contribution in [0.2, 0.25) is 0 Å². The van der Waals surface area contributed by atoms with E-state index in [2.05, 4.69) is 34.7 Å². The third-order valence-corrected chi connectivity index (χ3v) is 3.19. The number of ether oxygens (including phenoxy) is 1. The van der Waals surface area contributed by atoms with Crippen LogP contribution in [0.3, 0.4) is 0 Å². The molecule has 1 heterocycles. The zero-order valence-corrected chi connectivity index (χ0v) is 14.0. The molecule has 0 aliphatic heterocycles. The van der Waals surface area contributed by atoms with Crippen molar-refractivity contribution in [3.63, 3.8) is 0 Å². The molecular formula is C16H23N5O2. The Morgan fingerprint density at radius 3 is 2.78 bits per heavy atom. The summed E-state index contributed by atoms with van der Waals surface area (Å²) in [4.78, 5) is 12.1. The molecule has 2 aromatic rings. The Bertz CT molecular complexity index is 651. The van der Waals surface area contributed by atoms with Crippen LogP contribution in [-0.2, 0) is 6.61 Å². The zero-order valence-electron chi connectivity index (χ0n) is 14.0. The minimum atomic E-state index is -0.101. The highest BCUT2D eigenvalue weighted by Crippen LogP contribution is 2.15. The van der Waals surface area contributed by atoms with Gasteiger partial charge in [0, 0.05) is 12.1 Å². The molecule has 1 aromatic carbocycles. The number of nitrogens with one attached hydrogen (secondary N) is 1. The summed E-state index contributed by atoms with van der Waals surface area (Å²) in [5.41, 5.74) is 0.576. The van der Waals surface area contributed by atoms with Gasteiger partial charge in [-0.15, -0.1) is 5.10 Å². The fourth-order valence-electron chi connectivity index (χ4n) is 1.98. The molecule has 0 fully saturated rings. The molecule has 0 unspecified atom stereocenters. The zero-order chi connectivity index (χ0) is 16.8. The molecule has 0 atom stereocenters. The maximum atomic E-state index is 12.1. The quantitative estimate of drug-likeness (QED) is 0.846. The molecule has 0 aliphatic carbocycles. The van der Waals surface area contributed by atoms with Crippen molar-refractivity contribution >= 4 is 5.91 Å². The standard InChI is InChI=1S/C16H23N5O2/c1-11(2)9-17-16(22)13-6-5-7-14(8-13)23-10-15-18-19-20-21(15)12(3)4/h5-8,11-12H,9-10H2,1-4H3,(H,17,22). The maximum Gasteiger partial charge on any atom is 0.251 e. The highest BCUT2D eigenvalue weighted by atomic mass is 16.5. The molecule has 0 spiro atoms. The first-order valence-electron chi connectivity index (χ1n) is 7.75. The van der Waals surface area contributed by atoms with Crippen LogP contribution in [-0.4, -0.2) is 32.7 Å². The highest BCUT2D eigenvalue weighted by molar-refractivity contribution is 5.94. The first kappa shape index (κ1) is 16.9. The first-order chi connectivity index (χ1) is 11.0. The molecule has 1 aromatic heterocycles. The molecule has 23 heavy (non-hydrogen) atoms. The van der Waals surface area contributed by atoms with Crippen molar-refractivity contribution in [3.8, 4) is 5.75 Å². The lowest BCUT2D eigenvalue weighted by Gasteiger charge is -2.11. The van der Waals surface area contributed by atoms with Crippen molar-refractivity contribution in [2.45, 2.75) is 40.3 Å². The van der Waals surface area contributed by atoms with E-state index in [0.29, 0.717) is 29.6 Å². The topological polar surface area (TPSA) is 81.9 Å². The molecule has 2 rings (SSSR count). The summed E-state index contributed by atoms with van der Waals surface area (Å²) in [6.07, 6.45) is 0. The van der Waals surface area contributed by atoms with Gasteiger partial charge in [-0.05, 0) is 48.4 Å². The summed E-state index contributed by atoms with van der Waals surface area (Å²) in [6, 6.07) is 7.25. The van der Waals surface area contributed by atoms with Gasteiger partial charge in [0.2, 0.25) is 0 Å². The number of rotatable bonds is 7. The number of carbonyl (C=O) groups is 1. The average Bonchev–Trinajstić information content (AvgIpc) is 2.99. The van der Waals surface area contributed by atoms with Crippen LogP contribution in [0.1, 0.15) is 49.9 Å². The van der Waals surface area contributed by atoms with E-state index < -0.39 is 0 Å². The van der Waals surface area contributed by atoms with Gasteiger partial charge in [0.25, 0.3) is 5.91 Å². The molecular weight excluding hydrogens is 294 g/mol. The Morgan fingerprint density at radius 2 is 2.09 bits per heavy atom. The van der Waals surface area contributed by atoms with E-state index >= 15 is 0 Å². The van der Waals surface area contributed by atoms with Crippen molar-refractivity contribution in [2.75, 3.05) is 6.54 Å². The van der Waals surface area contributed by atoms with Gasteiger partial charge in [0.05, 0.1) is 6.04 Å². The monoisotopic (exact) mass is 317 g/mol. The van der Waals surface area contributed by atoms with E-state index in [4.69, 9.17) is 4.74 Å². The van der Waals surface area contributed by atoms with Gasteiger partial charge >= 0.3 is 0 Å². The minimum absolute atomic E-state index is 0.101. The van der Waals surface area contributed by atoms with Crippen molar-refractivity contribution in [2.24, 2.45) is 5.92 Å². The van der Waals surface area contributed by atoms with Crippen molar-refractivity contribution in [3.05, 3.63) is 35.7 Å². The normalized spacial score (nSPS) is 11.0. The molecule has 7 heteroatoms. The molecule has 1 N–H and O–H groups in total. The van der Waals surface area contributed by atoms with Gasteiger partial charge in [-0.1, -0.05) is 19.9 Å². The van der Waals surface area contributed by atoms with Gasteiger partial charge in [-0.25, -0.2) is 4.68 Å². The van der Waals surface area contributed by atoms with Gasteiger partial charge in [0.15, 0.2) is 5.82 Å². The molecule has 124 valence electrons. The Hall–Kier alpha value is -2.44. The number of benzene rings is 1. The molecule has 0 radical (unpaired) electrons. The van der Waals surface area contributed by atoms with E-state index in [1.807, 2.05) is 19.9 Å². The summed E-state index contributed by atoms with van der Waals surface area (Å²) in [6.45, 7) is 9.01. The van der Waals surface area contributed by atoms with Crippen molar-refractivity contribution < 1.29 is 9.53 Å². The van der Waals surface area contributed by atoms with E-state index in [-0.39, 0.29) is 18.6 Å². The van der Waals surface area contributed by atoms with Gasteiger partial charge in [0.1, 0.15) is 12.4 Å². The van der Waals surface area contributed by atoms with E-state index in [1.165, 1.54) is 0 Å². The van der Waals surface area contributed by atoms with Gasteiger partial charge in [-0.2, -0.15) is 0 Å². The Kier molecular flexibility index (Phi) is 5.67. The lowest BCUT2D eigenvalue weighted by molar-refractivity contribution is 0.0948. The Labute approximate surface area is 136 Å². The first-order valence-corrected chi connectivity index (χ1v) is 7.75. The Balaban J connectivity index is 2.00. The summed E-state index contributed by atoms with van der Waals surface area (Å²) >= 11 is 0. The second-order valence-electron chi connectivity index (χ2n) is 6.05. The maximum absolute atomic E-state index is 12.1. The third-order valence-electron chi connectivity index (χ3n) is 3.19. The second-order valence-corrected chi connectivity index (χ2v) is 6.05. The van der Waals surface area contributed by atoms with Gasteiger partial charge in [-0.3, -0.25) is 4.79 Å². The Morgan fingerprint density at radius 1 is 1.30 bits per heavy atom. The fourth-order valence-corrected chi connectivity index (χ4v) is 1.98. The number of amides is 1. The summed E-state index contributed by atoms with van der Waals surface area (Å²) in [5.74, 6) is 1.57. The summed E-state index contributed by atoms with van der Waals surface area (Å²) in [7, 11) is 0. The molecule has 7 nitrogen and oxygen atoms in total. The van der Waals surface area contributed by atoms with Crippen molar-refractivity contribution in [1.82, 2.24) is 25.5 Å². The molecule has 1 amide bonds. The van der Waals surface area contributed by atoms with Crippen LogP contribution in [0.4, 0.5) is 0 Å². The summed E-state index contributed by atoms with van der Waals surface area (Å²) < 4.78 is 7.42. The average molecular weight is 317 g/mol. The SMILES string of the molecule is CC(C)CNC(=O)c1cccc(OCc2nnnn2C(C)C)c1. The van der Waals surface area contributed by atoms with Crippen LogP contribution in [0.15, 0.2) is 24.3 Å². The number of hydrogen-bond donors (Lipinski definition) is 1. The third kappa shape index (κ3) is 4.77. The lowest BCUT2D eigenvalue weighted by atomic mass is 10.2. The van der Waals surface area contributed by atoms with Gasteiger partial charge < -0.3 is 10.1 Å². The minimum Gasteiger partial charge on any atom is -0.486 e. The smallest absolute Gasteiger partial charge is 0.251 e. The largest absolute Gasteiger partial charge is 0.486 e. The predicted octanol–water partition coefficient (Wildman–Crippen LogP) is 2.22. The van der Waals surface area contributed by atoms with Crippen LogP contribution >= 0.6 is 0 Å². The van der Waals surface area contributed by atoms with E-state index in [9.17, 15) is 4.79 Å². The van der Waals surface area contributed by atoms with E-state index in [1.54, 1.807) is 22.9 Å². The second kappa shape index (κ2) is 7.71. The van der Waals surface area contributed by atoms with Crippen LogP contribution in [0.5, 0.6) is 5.75 Å². The predicted molar refractivity (Wildman–Crippen MR) is 86.1 cm³/mol. The number of carbonyl (C=O) groups excluding carboxylic acids is 1. The van der Waals surface area contributed by atoms with Crippen molar-refractivity contribution in [1.29, 1.82) is 0 Å². The lowest BCUT2D eigenvalue weighted by Crippen LogP contribution is -2.27. The van der Waals surface area contributed by atoms with E-state index in [0.717, 1.165) is 0 Å². The fraction of sp³-hybridized carbons (Fsp3) is 0.500. The number of hydrogen-bond acceptors (Lipinski definition) is 5. The number of nitrogens with zero attached hydrogens (tertiary/aromatic N) is 4. The molecule has 0 aliphatic rings. The van der Waals surface area contributed by atoms with Crippen LogP contribution in [0.25, 0.3) is 0 Å².